The lowest BCUT2D eigenvalue weighted by atomic mass is 10.4. The molecular formula is C8H9Br2NO4S2. The molecule has 0 fully saturated rings. The molecule has 96 valence electrons. The van der Waals surface area contributed by atoms with Gasteiger partial charge in [-0.15, -0.1) is 11.3 Å². The number of sulfonamides is 1. The molecule has 1 rings (SSSR count). The molecule has 0 radical (unpaired) electrons. The molecule has 0 atom stereocenters. The van der Waals surface area contributed by atoms with Crippen LogP contribution in [-0.4, -0.2) is 28.0 Å². The van der Waals surface area contributed by atoms with Gasteiger partial charge in [0.25, 0.3) is 0 Å². The third-order valence-corrected chi connectivity index (χ3v) is 6.93. The highest BCUT2D eigenvalue weighted by molar-refractivity contribution is 9.13. The molecule has 0 aliphatic rings. The lowest BCUT2D eigenvalue weighted by molar-refractivity contribution is -0.140. The largest absolute Gasteiger partial charge is 0.469 e. The summed E-state index contributed by atoms with van der Waals surface area (Å²) in [5.41, 5.74) is 0. The Labute approximate surface area is 120 Å². The Morgan fingerprint density at radius 3 is 2.65 bits per heavy atom. The molecule has 5 nitrogen and oxygen atoms in total. The smallest absolute Gasteiger partial charge is 0.306 e. The summed E-state index contributed by atoms with van der Waals surface area (Å²) in [6, 6.07) is 1.50. The zero-order valence-corrected chi connectivity index (χ0v) is 13.5. The topological polar surface area (TPSA) is 72.5 Å². The number of halogens is 2. The number of carbonyl (C=O) groups is 1. The Kier molecular flexibility index (Phi) is 5.58. The van der Waals surface area contributed by atoms with Crippen molar-refractivity contribution in [3.05, 3.63) is 14.3 Å². The number of carbonyl (C=O) groups excluding carboxylic acids is 1. The monoisotopic (exact) mass is 405 g/mol. The SMILES string of the molecule is COC(=O)CCNS(=O)(=O)c1cc(Br)c(Br)s1. The third kappa shape index (κ3) is 4.32. The number of rotatable bonds is 5. The van der Waals surface area contributed by atoms with Crippen molar-refractivity contribution in [3.8, 4) is 0 Å². The van der Waals surface area contributed by atoms with Gasteiger partial charge in [0.2, 0.25) is 10.0 Å². The zero-order valence-electron chi connectivity index (χ0n) is 8.70. The number of hydrogen-bond acceptors (Lipinski definition) is 5. The van der Waals surface area contributed by atoms with Crippen molar-refractivity contribution in [2.24, 2.45) is 0 Å². The maximum absolute atomic E-state index is 11.8. The highest BCUT2D eigenvalue weighted by atomic mass is 79.9. The molecule has 0 bridgehead atoms. The standard InChI is InChI=1S/C8H9Br2NO4S2/c1-15-6(12)2-3-11-17(13,14)7-4-5(9)8(10)16-7/h4,11H,2-3H2,1H3. The minimum absolute atomic E-state index is 0.00342. The fourth-order valence-corrected chi connectivity index (χ4v) is 4.82. The first-order chi connectivity index (χ1) is 7.86. The van der Waals surface area contributed by atoms with Gasteiger partial charge in [0, 0.05) is 11.0 Å². The summed E-state index contributed by atoms with van der Waals surface area (Å²) in [6.07, 6.45) is 0.00342. The fraction of sp³-hybridized carbons (Fsp3) is 0.375. The van der Waals surface area contributed by atoms with Crippen molar-refractivity contribution < 1.29 is 17.9 Å². The van der Waals surface area contributed by atoms with Crippen LogP contribution in [-0.2, 0) is 19.6 Å². The first-order valence-corrected chi connectivity index (χ1v) is 8.26. The van der Waals surface area contributed by atoms with Gasteiger partial charge < -0.3 is 4.74 Å². The molecular weight excluding hydrogens is 398 g/mol. The third-order valence-electron chi connectivity index (χ3n) is 1.74. The van der Waals surface area contributed by atoms with E-state index in [4.69, 9.17) is 0 Å². The number of thiophene rings is 1. The Morgan fingerprint density at radius 2 is 2.18 bits per heavy atom. The predicted octanol–water partition coefficient (Wildman–Crippen LogP) is 2.11. The van der Waals surface area contributed by atoms with Gasteiger partial charge in [-0.3, -0.25) is 4.79 Å². The highest BCUT2D eigenvalue weighted by Crippen LogP contribution is 2.34. The van der Waals surface area contributed by atoms with Gasteiger partial charge in [0.15, 0.2) is 0 Å². The number of esters is 1. The van der Waals surface area contributed by atoms with Crippen LogP contribution >= 0.6 is 43.2 Å². The molecule has 0 saturated carbocycles. The lowest BCUT2D eigenvalue weighted by Gasteiger charge is -2.03. The summed E-state index contributed by atoms with van der Waals surface area (Å²) in [5.74, 6) is -0.457. The van der Waals surface area contributed by atoms with E-state index in [2.05, 4.69) is 41.3 Å². The molecule has 0 unspecified atom stereocenters. The Balaban J connectivity index is 2.66. The molecule has 0 saturated heterocycles. The molecule has 0 aliphatic carbocycles. The van der Waals surface area contributed by atoms with Gasteiger partial charge in [0.05, 0.1) is 17.3 Å². The van der Waals surface area contributed by atoms with Crippen LogP contribution < -0.4 is 4.72 Å². The number of hydrogen-bond donors (Lipinski definition) is 1. The molecule has 1 aromatic rings. The summed E-state index contributed by atoms with van der Waals surface area (Å²) in [6.45, 7) is 0.0160. The molecule has 0 aliphatic heterocycles. The van der Waals surface area contributed by atoms with Crippen LogP contribution in [0.4, 0.5) is 0 Å². The molecule has 17 heavy (non-hydrogen) atoms. The fourth-order valence-electron chi connectivity index (χ4n) is 0.920. The second kappa shape index (κ2) is 6.28. The number of methoxy groups -OCH3 is 1. The maximum Gasteiger partial charge on any atom is 0.306 e. The van der Waals surface area contributed by atoms with Crippen LogP contribution in [0.1, 0.15) is 6.42 Å². The second-order valence-corrected chi connectivity index (χ2v) is 8.13. The van der Waals surface area contributed by atoms with Crippen molar-refractivity contribution in [3.63, 3.8) is 0 Å². The molecule has 0 amide bonds. The minimum atomic E-state index is -3.57. The van der Waals surface area contributed by atoms with Crippen molar-refractivity contribution in [2.45, 2.75) is 10.6 Å². The van der Waals surface area contributed by atoms with Crippen LogP contribution in [0, 0.1) is 0 Å². The quantitative estimate of drug-likeness (QED) is 0.760. The van der Waals surface area contributed by atoms with E-state index in [0.29, 0.717) is 8.26 Å². The Morgan fingerprint density at radius 1 is 1.53 bits per heavy atom. The predicted molar refractivity (Wildman–Crippen MR) is 71.5 cm³/mol. The Hall–Kier alpha value is 0.0400. The molecule has 1 N–H and O–H groups in total. The average Bonchev–Trinajstić information content (AvgIpc) is 2.59. The lowest BCUT2D eigenvalue weighted by Crippen LogP contribution is -2.25. The van der Waals surface area contributed by atoms with E-state index >= 15 is 0 Å². The Bertz CT molecular complexity index is 492. The van der Waals surface area contributed by atoms with Gasteiger partial charge in [-0.1, -0.05) is 0 Å². The van der Waals surface area contributed by atoms with Crippen LogP contribution in [0.2, 0.25) is 0 Å². The van der Waals surface area contributed by atoms with Crippen LogP contribution in [0.25, 0.3) is 0 Å². The van der Waals surface area contributed by atoms with Crippen LogP contribution in [0.3, 0.4) is 0 Å². The van der Waals surface area contributed by atoms with Crippen molar-refractivity contribution in [2.75, 3.05) is 13.7 Å². The first-order valence-electron chi connectivity index (χ1n) is 4.38. The summed E-state index contributed by atoms with van der Waals surface area (Å²) < 4.78 is 31.8. The molecule has 9 heteroatoms. The average molecular weight is 407 g/mol. The van der Waals surface area contributed by atoms with Gasteiger partial charge in [0.1, 0.15) is 4.21 Å². The van der Waals surface area contributed by atoms with Crippen molar-refractivity contribution in [1.29, 1.82) is 0 Å². The maximum atomic E-state index is 11.8. The summed E-state index contributed by atoms with van der Waals surface area (Å²) >= 11 is 7.51. The summed E-state index contributed by atoms with van der Waals surface area (Å²) in [4.78, 5) is 10.8. The minimum Gasteiger partial charge on any atom is -0.469 e. The second-order valence-electron chi connectivity index (χ2n) is 2.91. The van der Waals surface area contributed by atoms with E-state index in [1.165, 1.54) is 13.2 Å². The summed E-state index contributed by atoms with van der Waals surface area (Å²) in [7, 11) is -2.31. The number of ether oxygens (including phenoxy) is 1. The highest BCUT2D eigenvalue weighted by Gasteiger charge is 2.18. The van der Waals surface area contributed by atoms with E-state index in [0.717, 1.165) is 11.3 Å². The normalized spacial score (nSPS) is 11.5. The van der Waals surface area contributed by atoms with E-state index in [1.54, 1.807) is 0 Å². The van der Waals surface area contributed by atoms with Crippen molar-refractivity contribution in [1.82, 2.24) is 4.72 Å². The van der Waals surface area contributed by atoms with Gasteiger partial charge in [-0.05, 0) is 37.9 Å². The van der Waals surface area contributed by atoms with E-state index in [9.17, 15) is 13.2 Å². The molecule has 1 aromatic heterocycles. The van der Waals surface area contributed by atoms with E-state index in [-0.39, 0.29) is 17.2 Å². The molecule has 0 spiro atoms. The van der Waals surface area contributed by atoms with Crippen molar-refractivity contribution >= 4 is 59.2 Å². The molecule has 1 heterocycles. The zero-order chi connectivity index (χ0) is 13.1. The van der Waals surface area contributed by atoms with Gasteiger partial charge in [-0.25, -0.2) is 13.1 Å². The van der Waals surface area contributed by atoms with Gasteiger partial charge >= 0.3 is 5.97 Å². The van der Waals surface area contributed by atoms with Crippen LogP contribution in [0.15, 0.2) is 18.5 Å². The van der Waals surface area contributed by atoms with E-state index < -0.39 is 16.0 Å². The first kappa shape index (κ1) is 15.1. The summed E-state index contributed by atoms with van der Waals surface area (Å²) in [5, 5.41) is 0. The van der Waals surface area contributed by atoms with E-state index in [1.807, 2.05) is 0 Å². The van der Waals surface area contributed by atoms with Gasteiger partial charge in [-0.2, -0.15) is 0 Å². The van der Waals surface area contributed by atoms with Crippen LogP contribution in [0.5, 0.6) is 0 Å². The molecule has 0 aromatic carbocycles. The number of nitrogens with one attached hydrogen (secondary N) is 1.